The molecule has 0 aromatic rings. The van der Waals surface area contributed by atoms with Crippen LogP contribution in [0.3, 0.4) is 0 Å². The van der Waals surface area contributed by atoms with Crippen LogP contribution >= 0.6 is 0 Å². The minimum absolute atomic E-state index is 0.632. The average molecular weight is 155 g/mol. The molecule has 1 rings (SSSR count). The Hall–Kier alpha value is -0.0400. The van der Waals surface area contributed by atoms with Gasteiger partial charge in [-0.25, -0.2) is 0 Å². The first kappa shape index (κ1) is 9.05. The summed E-state index contributed by atoms with van der Waals surface area (Å²) < 4.78 is 5.23. The molecule has 1 fully saturated rings. The third-order valence-electron chi connectivity index (χ3n) is 2.54. The Morgan fingerprint density at radius 3 is 2.55 bits per heavy atom. The molecule has 0 saturated heterocycles. The third-order valence-corrected chi connectivity index (χ3v) is 2.54. The fourth-order valence-corrected chi connectivity index (χ4v) is 1.83. The van der Waals surface area contributed by atoms with Crippen LogP contribution in [0, 0.1) is 12.8 Å². The number of ether oxygens (including phenoxy) is 1. The lowest BCUT2D eigenvalue weighted by atomic mass is 9.87. The second kappa shape index (κ2) is 5.59. The van der Waals surface area contributed by atoms with Crippen LogP contribution in [-0.2, 0) is 4.74 Å². The fourth-order valence-electron chi connectivity index (χ4n) is 1.83. The maximum absolute atomic E-state index is 5.23. The Balaban J connectivity index is 1.96. The van der Waals surface area contributed by atoms with Crippen molar-refractivity contribution in [2.45, 2.75) is 38.5 Å². The molecule has 0 atom stereocenters. The van der Waals surface area contributed by atoms with Crippen molar-refractivity contribution < 1.29 is 4.74 Å². The lowest BCUT2D eigenvalue weighted by Gasteiger charge is -2.20. The van der Waals surface area contributed by atoms with E-state index in [0.717, 1.165) is 12.5 Å². The summed E-state index contributed by atoms with van der Waals surface area (Å²) in [6.07, 6.45) is 8.45. The zero-order valence-electron chi connectivity index (χ0n) is 7.35. The van der Waals surface area contributed by atoms with E-state index in [1.807, 2.05) is 0 Å². The van der Waals surface area contributed by atoms with Crippen LogP contribution in [0.15, 0.2) is 0 Å². The lowest BCUT2D eigenvalue weighted by molar-refractivity contribution is 0.136. The number of rotatable bonds is 4. The number of hydrogen-bond donors (Lipinski definition) is 0. The Kier molecular flexibility index (Phi) is 4.60. The predicted octanol–water partition coefficient (Wildman–Crippen LogP) is 2.81. The smallest absolute Gasteiger partial charge is 0.0468 e. The molecule has 0 amide bonds. The molecule has 0 aliphatic heterocycles. The van der Waals surface area contributed by atoms with Crippen molar-refractivity contribution in [1.29, 1.82) is 0 Å². The Morgan fingerprint density at radius 2 is 1.91 bits per heavy atom. The van der Waals surface area contributed by atoms with Gasteiger partial charge < -0.3 is 4.74 Å². The van der Waals surface area contributed by atoms with E-state index >= 15 is 0 Å². The van der Waals surface area contributed by atoms with E-state index in [1.165, 1.54) is 38.5 Å². The lowest BCUT2D eigenvalue weighted by Crippen LogP contribution is -2.09. The van der Waals surface area contributed by atoms with Crippen LogP contribution in [-0.4, -0.2) is 13.2 Å². The molecular formula is C10H19O. The topological polar surface area (TPSA) is 9.23 Å². The molecule has 0 N–H and O–H groups in total. The van der Waals surface area contributed by atoms with Crippen LogP contribution in [0.4, 0.5) is 0 Å². The second-order valence-corrected chi connectivity index (χ2v) is 3.41. The van der Waals surface area contributed by atoms with E-state index in [9.17, 15) is 0 Å². The molecule has 0 unspecified atom stereocenters. The molecule has 0 heterocycles. The highest BCUT2D eigenvalue weighted by Gasteiger charge is 2.12. The third kappa shape index (κ3) is 3.76. The summed E-state index contributed by atoms with van der Waals surface area (Å²) in [5.41, 5.74) is 0. The first-order chi connectivity index (χ1) is 5.43. The van der Waals surface area contributed by atoms with Gasteiger partial charge in [-0.15, -0.1) is 0 Å². The van der Waals surface area contributed by atoms with Crippen molar-refractivity contribution in [2.75, 3.05) is 13.2 Å². The van der Waals surface area contributed by atoms with Gasteiger partial charge in [0, 0.05) is 13.2 Å². The highest BCUT2D eigenvalue weighted by atomic mass is 16.5. The quantitative estimate of drug-likeness (QED) is 0.567. The van der Waals surface area contributed by atoms with Crippen molar-refractivity contribution in [3.63, 3.8) is 0 Å². The summed E-state index contributed by atoms with van der Waals surface area (Å²) in [7, 11) is 0. The van der Waals surface area contributed by atoms with Crippen LogP contribution in [0.2, 0.25) is 0 Å². The van der Waals surface area contributed by atoms with E-state index in [2.05, 4.69) is 6.92 Å². The Morgan fingerprint density at radius 1 is 1.18 bits per heavy atom. The highest BCUT2D eigenvalue weighted by Crippen LogP contribution is 2.25. The second-order valence-electron chi connectivity index (χ2n) is 3.41. The monoisotopic (exact) mass is 155 g/mol. The number of hydrogen-bond acceptors (Lipinski definition) is 1. The van der Waals surface area contributed by atoms with E-state index in [-0.39, 0.29) is 0 Å². The first-order valence-corrected chi connectivity index (χ1v) is 4.80. The van der Waals surface area contributed by atoms with Crippen molar-refractivity contribution in [2.24, 2.45) is 5.92 Å². The summed E-state index contributed by atoms with van der Waals surface area (Å²) in [6.45, 7) is 5.20. The van der Waals surface area contributed by atoms with Crippen molar-refractivity contribution in [3.8, 4) is 0 Å². The molecule has 1 nitrogen and oxygen atoms in total. The average Bonchev–Trinajstić information content (AvgIpc) is 2.07. The predicted molar refractivity (Wildman–Crippen MR) is 47.4 cm³/mol. The molecule has 0 aromatic carbocycles. The molecule has 1 radical (unpaired) electrons. The largest absolute Gasteiger partial charge is 0.381 e. The molecular weight excluding hydrogens is 136 g/mol. The van der Waals surface area contributed by atoms with Gasteiger partial charge in [-0.2, -0.15) is 0 Å². The molecule has 0 spiro atoms. The first-order valence-electron chi connectivity index (χ1n) is 4.80. The van der Waals surface area contributed by atoms with E-state index in [1.54, 1.807) is 0 Å². The standard InChI is InChI=1S/C10H19O/c1-2-11-9-8-10-6-4-3-5-7-10/h10H,1-9H2. The van der Waals surface area contributed by atoms with E-state index in [0.29, 0.717) is 6.61 Å². The summed E-state index contributed by atoms with van der Waals surface area (Å²) >= 11 is 0. The van der Waals surface area contributed by atoms with Crippen molar-refractivity contribution >= 4 is 0 Å². The van der Waals surface area contributed by atoms with Gasteiger partial charge >= 0.3 is 0 Å². The van der Waals surface area contributed by atoms with Gasteiger partial charge in [-0.1, -0.05) is 32.1 Å². The summed E-state index contributed by atoms with van der Waals surface area (Å²) in [5, 5.41) is 0. The van der Waals surface area contributed by atoms with Gasteiger partial charge in [-0.3, -0.25) is 0 Å². The van der Waals surface area contributed by atoms with Crippen LogP contribution in [0.1, 0.15) is 38.5 Å². The molecule has 1 aliphatic rings. The van der Waals surface area contributed by atoms with Gasteiger partial charge in [0.1, 0.15) is 0 Å². The minimum atomic E-state index is 0.632. The van der Waals surface area contributed by atoms with Gasteiger partial charge in [0.25, 0.3) is 0 Å². The molecule has 11 heavy (non-hydrogen) atoms. The molecule has 0 aromatic heterocycles. The zero-order chi connectivity index (χ0) is 7.94. The summed E-state index contributed by atoms with van der Waals surface area (Å²) in [4.78, 5) is 0. The molecule has 65 valence electrons. The Bertz CT molecular complexity index is 84.9. The van der Waals surface area contributed by atoms with Crippen LogP contribution in [0.25, 0.3) is 0 Å². The van der Waals surface area contributed by atoms with E-state index in [4.69, 9.17) is 4.74 Å². The SMILES string of the molecule is [CH2]COCCC1CCCCC1. The molecule has 1 aliphatic carbocycles. The molecule has 1 saturated carbocycles. The van der Waals surface area contributed by atoms with Gasteiger partial charge in [0.2, 0.25) is 0 Å². The van der Waals surface area contributed by atoms with Gasteiger partial charge in [-0.05, 0) is 19.3 Å². The maximum Gasteiger partial charge on any atom is 0.0468 e. The summed E-state index contributed by atoms with van der Waals surface area (Å²) in [6, 6.07) is 0. The fraction of sp³-hybridized carbons (Fsp3) is 0.900. The highest BCUT2D eigenvalue weighted by molar-refractivity contribution is 4.65. The molecule has 0 bridgehead atoms. The summed E-state index contributed by atoms with van der Waals surface area (Å²) in [5.74, 6) is 0.954. The van der Waals surface area contributed by atoms with Crippen molar-refractivity contribution in [1.82, 2.24) is 0 Å². The molecule has 1 heteroatoms. The Labute approximate surface area is 70.1 Å². The van der Waals surface area contributed by atoms with Crippen LogP contribution < -0.4 is 0 Å². The van der Waals surface area contributed by atoms with Gasteiger partial charge in [0.15, 0.2) is 0 Å². The minimum Gasteiger partial charge on any atom is -0.381 e. The normalized spacial score (nSPS) is 20.5. The van der Waals surface area contributed by atoms with Gasteiger partial charge in [0.05, 0.1) is 0 Å². The zero-order valence-corrected chi connectivity index (χ0v) is 7.35. The van der Waals surface area contributed by atoms with E-state index < -0.39 is 0 Å². The maximum atomic E-state index is 5.23. The van der Waals surface area contributed by atoms with Crippen molar-refractivity contribution in [3.05, 3.63) is 6.92 Å². The van der Waals surface area contributed by atoms with Crippen LogP contribution in [0.5, 0.6) is 0 Å².